The van der Waals surface area contributed by atoms with Gasteiger partial charge in [-0.15, -0.1) is 0 Å². The van der Waals surface area contributed by atoms with Crippen LogP contribution < -0.4 is 0 Å². The molecule has 1 heterocycles. The summed E-state index contributed by atoms with van der Waals surface area (Å²) in [6, 6.07) is 0. The molecule has 1 atom stereocenters. The summed E-state index contributed by atoms with van der Waals surface area (Å²) < 4.78 is 11.9. The van der Waals surface area contributed by atoms with E-state index in [2.05, 4.69) is 18.2 Å². The molecule has 1 fully saturated rings. The van der Waals surface area contributed by atoms with Crippen LogP contribution in [0.5, 0.6) is 0 Å². The molecule has 29 heavy (non-hydrogen) atoms. The zero-order valence-electron chi connectivity index (χ0n) is 17.7. The monoisotopic (exact) mass is 454 g/mol. The summed E-state index contributed by atoms with van der Waals surface area (Å²) in [6.45, 7) is 10.0. The lowest BCUT2D eigenvalue weighted by molar-refractivity contribution is -0.139. The van der Waals surface area contributed by atoms with Crippen LogP contribution in [-0.4, -0.2) is 145 Å². The first-order chi connectivity index (χ1) is 13.4. The zero-order valence-corrected chi connectivity index (χ0v) is 19.5. The van der Waals surface area contributed by atoms with Crippen molar-refractivity contribution >= 4 is 27.2 Å². The van der Waals surface area contributed by atoms with Crippen LogP contribution in [0.2, 0.25) is 0 Å². The van der Waals surface area contributed by atoms with E-state index < -0.39 is 19.3 Å². The molecule has 0 spiro atoms. The van der Waals surface area contributed by atoms with Crippen molar-refractivity contribution in [2.45, 2.75) is 0 Å². The first kappa shape index (κ1) is 26.4. The summed E-state index contributed by atoms with van der Waals surface area (Å²) in [5.41, 5.74) is 0. The molecule has 0 radical (unpaired) electrons. The van der Waals surface area contributed by atoms with Gasteiger partial charge in [0.15, 0.2) is 0 Å². The van der Waals surface area contributed by atoms with Crippen LogP contribution in [0.15, 0.2) is 0 Å². The minimum absolute atomic E-state index is 0.0108. The van der Waals surface area contributed by atoms with Gasteiger partial charge in [0.2, 0.25) is 7.37 Å². The van der Waals surface area contributed by atoms with Gasteiger partial charge in [-0.3, -0.25) is 33.8 Å². The van der Waals surface area contributed by atoms with E-state index >= 15 is 0 Å². The van der Waals surface area contributed by atoms with Gasteiger partial charge < -0.3 is 15.1 Å². The van der Waals surface area contributed by atoms with Gasteiger partial charge >= 0.3 is 11.9 Å². The Kier molecular flexibility index (Phi) is 11.8. The van der Waals surface area contributed by atoms with Crippen molar-refractivity contribution in [3.8, 4) is 0 Å². The highest BCUT2D eigenvalue weighted by molar-refractivity contribution is 7.57. The van der Waals surface area contributed by atoms with Crippen LogP contribution in [0.1, 0.15) is 0 Å². The average Bonchev–Trinajstić information content (AvgIpc) is 2.54. The number of hydrogen-bond acceptors (Lipinski definition) is 7. The molecule has 12 heteroatoms. The second kappa shape index (κ2) is 13.0. The van der Waals surface area contributed by atoms with Gasteiger partial charge in [-0.2, -0.15) is 0 Å². The largest absolute Gasteiger partial charge is 0.480 e. The molecule has 0 aromatic heterocycles. The number of carboxylic acid groups (broad SMARTS) is 2. The highest BCUT2D eigenvalue weighted by atomic mass is 31.2. The van der Waals surface area contributed by atoms with Crippen molar-refractivity contribution in [2.24, 2.45) is 0 Å². The molecule has 0 aliphatic carbocycles. The third-order valence-electron chi connectivity index (χ3n) is 4.59. The summed E-state index contributed by atoms with van der Waals surface area (Å²) in [7, 11) is -3.45. The maximum Gasteiger partial charge on any atom is 0.317 e. The van der Waals surface area contributed by atoms with Crippen molar-refractivity contribution in [3.05, 3.63) is 0 Å². The second-order valence-corrected chi connectivity index (χ2v) is 12.8. The topological polar surface area (TPSA) is 125 Å². The molecule has 170 valence electrons. The SMILES string of the molecule is CP(C)CN1CCN(CC(=O)O)CCN(CP(C)(=O)O)CCN(CC(=O)O)CC1. The van der Waals surface area contributed by atoms with E-state index in [1.165, 1.54) is 6.66 Å². The quantitative estimate of drug-likeness (QED) is 0.430. The molecular formula is C17H36N4O6P2. The minimum Gasteiger partial charge on any atom is -0.480 e. The third kappa shape index (κ3) is 13.3. The number of hydrogen-bond donors (Lipinski definition) is 3. The fourth-order valence-electron chi connectivity index (χ4n) is 3.33. The van der Waals surface area contributed by atoms with E-state index in [9.17, 15) is 29.3 Å². The van der Waals surface area contributed by atoms with Crippen molar-refractivity contribution in [2.75, 3.05) is 98.0 Å². The maximum atomic E-state index is 11.9. The Bertz CT molecular complexity index is 542. The molecule has 1 aliphatic heterocycles. The lowest BCUT2D eigenvalue weighted by Crippen LogP contribution is -2.47. The van der Waals surface area contributed by atoms with Gasteiger partial charge in [-0.1, -0.05) is 7.92 Å². The smallest absolute Gasteiger partial charge is 0.317 e. The molecule has 10 nitrogen and oxygen atoms in total. The van der Waals surface area contributed by atoms with E-state index in [4.69, 9.17) is 0 Å². The van der Waals surface area contributed by atoms with Gasteiger partial charge in [0.05, 0.1) is 19.4 Å². The Morgan fingerprint density at radius 2 is 1.14 bits per heavy atom. The predicted octanol–water partition coefficient (Wildman–Crippen LogP) is -0.0661. The van der Waals surface area contributed by atoms with Crippen LogP contribution in [0.25, 0.3) is 0 Å². The molecule has 1 saturated heterocycles. The van der Waals surface area contributed by atoms with Gasteiger partial charge in [0.1, 0.15) is 0 Å². The van der Waals surface area contributed by atoms with Crippen LogP contribution >= 0.6 is 15.3 Å². The summed E-state index contributed by atoms with van der Waals surface area (Å²) >= 11 is 0. The lowest BCUT2D eigenvalue weighted by atomic mass is 10.3. The maximum absolute atomic E-state index is 11.9. The number of rotatable bonds is 8. The molecule has 1 aliphatic rings. The van der Waals surface area contributed by atoms with Crippen molar-refractivity contribution < 1.29 is 29.3 Å². The van der Waals surface area contributed by atoms with Gasteiger partial charge in [-0.25, -0.2) is 0 Å². The molecule has 0 saturated carbocycles. The second-order valence-electron chi connectivity index (χ2n) is 7.99. The van der Waals surface area contributed by atoms with Gasteiger partial charge in [0.25, 0.3) is 0 Å². The standard InChI is InChI=1S/C17H36N4O6P2/c1-28(2)14-20-8-4-18(12-16(22)23)6-10-21(15-29(3,26)27)11-7-19(5-9-20)13-17(24)25/h4-15H2,1-3H3,(H,22,23)(H,24,25)(H,26,27). The van der Waals surface area contributed by atoms with Crippen LogP contribution in [0.4, 0.5) is 0 Å². The van der Waals surface area contributed by atoms with Gasteiger partial charge in [-0.05, 0) is 13.3 Å². The van der Waals surface area contributed by atoms with E-state index in [0.717, 1.165) is 6.29 Å². The van der Waals surface area contributed by atoms with Crippen molar-refractivity contribution in [1.82, 2.24) is 19.6 Å². The normalized spacial score (nSPS) is 22.0. The van der Waals surface area contributed by atoms with Crippen molar-refractivity contribution in [1.29, 1.82) is 0 Å². The summed E-state index contributed by atoms with van der Waals surface area (Å²) in [5, 5.41) is 18.4. The summed E-state index contributed by atoms with van der Waals surface area (Å²) in [5.74, 6) is -1.78. The fraction of sp³-hybridized carbons (Fsp3) is 0.882. The molecule has 1 rings (SSSR count). The summed E-state index contributed by atoms with van der Waals surface area (Å²) in [4.78, 5) is 40.1. The number of nitrogens with zero attached hydrogens (tertiary/aromatic N) is 4. The van der Waals surface area contributed by atoms with Crippen LogP contribution in [0, 0.1) is 0 Å². The number of aliphatic carboxylic acids is 2. The lowest BCUT2D eigenvalue weighted by Gasteiger charge is -2.34. The molecule has 0 bridgehead atoms. The van der Waals surface area contributed by atoms with E-state index in [0.29, 0.717) is 52.4 Å². The average molecular weight is 454 g/mol. The van der Waals surface area contributed by atoms with Crippen LogP contribution in [0.3, 0.4) is 0 Å². The zero-order chi connectivity index (χ0) is 22.0. The van der Waals surface area contributed by atoms with E-state index in [-0.39, 0.29) is 27.3 Å². The highest BCUT2D eigenvalue weighted by Crippen LogP contribution is 2.35. The van der Waals surface area contributed by atoms with E-state index in [1.807, 2.05) is 14.7 Å². The molecule has 3 N–H and O–H groups in total. The molecule has 0 aromatic rings. The molecule has 0 amide bonds. The Balaban J connectivity index is 2.94. The highest BCUT2D eigenvalue weighted by Gasteiger charge is 2.22. The first-order valence-electron chi connectivity index (χ1n) is 9.71. The van der Waals surface area contributed by atoms with Gasteiger partial charge in [0, 0.05) is 65.3 Å². The van der Waals surface area contributed by atoms with Crippen molar-refractivity contribution in [3.63, 3.8) is 0 Å². The third-order valence-corrected chi connectivity index (χ3v) is 6.48. The Labute approximate surface area is 174 Å². The molecular weight excluding hydrogens is 418 g/mol. The Hall–Kier alpha value is -0.600. The Morgan fingerprint density at radius 3 is 1.45 bits per heavy atom. The summed E-state index contributed by atoms with van der Waals surface area (Å²) in [6.07, 6.45) is 0.934. The fourth-order valence-corrected chi connectivity index (χ4v) is 5.44. The number of carboxylic acids is 2. The first-order valence-corrected chi connectivity index (χ1v) is 14.4. The van der Waals surface area contributed by atoms with E-state index in [1.54, 1.807) is 0 Å². The molecule has 0 aromatic carbocycles. The van der Waals surface area contributed by atoms with Crippen LogP contribution in [-0.2, 0) is 14.2 Å². The predicted molar refractivity (Wildman–Crippen MR) is 116 cm³/mol. The number of carbonyl (C=O) groups is 2. The Morgan fingerprint density at radius 1 is 0.793 bits per heavy atom. The minimum atomic E-state index is -3.28. The molecule has 1 unspecified atom stereocenters.